The van der Waals surface area contributed by atoms with Crippen LogP contribution >= 0.6 is 27.5 Å². The molecule has 1 amide bonds. The van der Waals surface area contributed by atoms with Crippen molar-refractivity contribution in [2.24, 2.45) is 5.10 Å². The third-order valence-electron chi connectivity index (χ3n) is 5.78. The quantitative estimate of drug-likeness (QED) is 0.138. The largest absolute Gasteiger partial charge is 0.493 e. The summed E-state index contributed by atoms with van der Waals surface area (Å²) in [6.45, 7) is -0.241. The van der Waals surface area contributed by atoms with Crippen molar-refractivity contribution in [3.05, 3.63) is 112 Å². The molecule has 0 unspecified atom stereocenters. The first-order chi connectivity index (χ1) is 20.1. The van der Waals surface area contributed by atoms with Crippen LogP contribution in [0.2, 0.25) is 5.02 Å². The number of sulfonamides is 1. The van der Waals surface area contributed by atoms with Crippen LogP contribution in [0.5, 0.6) is 23.0 Å². The summed E-state index contributed by atoms with van der Waals surface area (Å²) in [7, 11) is -2.27. The highest BCUT2D eigenvalue weighted by molar-refractivity contribution is 9.10. The summed E-state index contributed by atoms with van der Waals surface area (Å²) in [6, 6.07) is 26.4. The first-order valence-corrected chi connectivity index (χ1v) is 15.5. The van der Waals surface area contributed by atoms with Gasteiger partial charge in [0, 0.05) is 10.6 Å². The lowest BCUT2D eigenvalue weighted by Crippen LogP contribution is -2.39. The molecular weight excluding hydrogens is 646 g/mol. The molecule has 0 saturated heterocycles. The molecule has 4 rings (SSSR count). The first kappa shape index (κ1) is 30.9. The Hall–Kier alpha value is -4.06. The Labute approximate surface area is 257 Å². The summed E-state index contributed by atoms with van der Waals surface area (Å²) in [5, 5.41) is 4.58. The Morgan fingerprint density at radius 3 is 2.33 bits per heavy atom. The maximum absolute atomic E-state index is 12.6. The van der Waals surface area contributed by atoms with Crippen molar-refractivity contribution in [1.82, 2.24) is 5.43 Å². The van der Waals surface area contributed by atoms with E-state index in [0.29, 0.717) is 43.7 Å². The van der Waals surface area contributed by atoms with Crippen LogP contribution in [0.1, 0.15) is 11.1 Å². The fourth-order valence-electron chi connectivity index (χ4n) is 3.77. The molecule has 1 N–H and O–H groups in total. The number of benzene rings is 4. The molecule has 0 heterocycles. The molecule has 4 aromatic rings. The van der Waals surface area contributed by atoms with Crippen LogP contribution in [-0.2, 0) is 21.4 Å². The number of hydrogen-bond acceptors (Lipinski definition) is 7. The normalized spacial score (nSPS) is 11.2. The third-order valence-corrected chi connectivity index (χ3v) is 7.87. The van der Waals surface area contributed by atoms with Crippen LogP contribution in [0, 0.1) is 0 Å². The zero-order valence-corrected chi connectivity index (χ0v) is 25.8. The van der Waals surface area contributed by atoms with Crippen molar-refractivity contribution in [3.63, 3.8) is 0 Å². The minimum Gasteiger partial charge on any atom is -0.493 e. The first-order valence-electron chi connectivity index (χ1n) is 12.5. The van der Waals surface area contributed by atoms with Crippen molar-refractivity contribution in [2.75, 3.05) is 24.2 Å². The van der Waals surface area contributed by atoms with Crippen LogP contribution in [0.25, 0.3) is 0 Å². The number of amides is 1. The van der Waals surface area contributed by atoms with Gasteiger partial charge in [-0.3, -0.25) is 9.10 Å². The topological polar surface area (TPSA) is 107 Å². The molecule has 0 aliphatic carbocycles. The van der Waals surface area contributed by atoms with E-state index in [1.54, 1.807) is 54.6 Å². The van der Waals surface area contributed by atoms with E-state index < -0.39 is 22.5 Å². The van der Waals surface area contributed by atoms with Gasteiger partial charge in [-0.1, -0.05) is 48.0 Å². The van der Waals surface area contributed by atoms with Crippen molar-refractivity contribution in [3.8, 4) is 23.0 Å². The zero-order chi connectivity index (χ0) is 30.1. The highest BCUT2D eigenvalue weighted by Gasteiger charge is 2.21. The monoisotopic (exact) mass is 671 g/mol. The van der Waals surface area contributed by atoms with Gasteiger partial charge in [0.2, 0.25) is 10.0 Å². The molecule has 0 aromatic heterocycles. The van der Waals surface area contributed by atoms with Crippen molar-refractivity contribution in [2.45, 2.75) is 6.61 Å². The van der Waals surface area contributed by atoms with Gasteiger partial charge >= 0.3 is 0 Å². The summed E-state index contributed by atoms with van der Waals surface area (Å²) in [5.41, 5.74) is 4.09. The highest BCUT2D eigenvalue weighted by Crippen LogP contribution is 2.37. The number of methoxy groups -OCH3 is 1. The molecule has 0 bridgehead atoms. The Kier molecular flexibility index (Phi) is 10.5. The summed E-state index contributed by atoms with van der Waals surface area (Å²) in [4.78, 5) is 12.6. The maximum Gasteiger partial charge on any atom is 0.260 e. The minimum atomic E-state index is -3.77. The van der Waals surface area contributed by atoms with Crippen LogP contribution < -0.4 is 23.9 Å². The van der Waals surface area contributed by atoms with E-state index in [1.165, 1.54) is 13.3 Å². The molecular formula is C30H27BrClN3O6S. The summed E-state index contributed by atoms with van der Waals surface area (Å²) < 4.78 is 43.7. The van der Waals surface area contributed by atoms with Gasteiger partial charge in [0.25, 0.3) is 5.91 Å². The zero-order valence-electron chi connectivity index (χ0n) is 22.7. The predicted octanol–water partition coefficient (Wildman–Crippen LogP) is 6.40. The molecule has 0 aliphatic rings. The second-order valence-electron chi connectivity index (χ2n) is 8.89. The molecule has 0 spiro atoms. The molecule has 0 saturated carbocycles. The average molecular weight is 673 g/mol. The molecule has 9 nitrogen and oxygen atoms in total. The Bertz CT molecular complexity index is 1670. The summed E-state index contributed by atoms with van der Waals surface area (Å²) in [5.74, 6) is 1.45. The molecule has 12 heteroatoms. The number of carbonyl (C=O) groups is 1. The Balaban J connectivity index is 1.39. The van der Waals surface area contributed by atoms with E-state index in [1.807, 2.05) is 36.4 Å². The second-order valence-corrected chi connectivity index (χ2v) is 12.1. The van der Waals surface area contributed by atoms with Gasteiger partial charge in [-0.25, -0.2) is 13.8 Å². The number of ether oxygens (including phenoxy) is 3. The van der Waals surface area contributed by atoms with E-state index in [2.05, 4.69) is 26.5 Å². The van der Waals surface area contributed by atoms with Gasteiger partial charge < -0.3 is 14.2 Å². The Morgan fingerprint density at radius 1 is 1.00 bits per heavy atom. The number of anilines is 1. The van der Waals surface area contributed by atoms with Crippen LogP contribution in [0.4, 0.5) is 5.69 Å². The number of carbonyl (C=O) groups excluding carboxylic acids is 1. The van der Waals surface area contributed by atoms with Gasteiger partial charge in [0.05, 0.1) is 29.7 Å². The molecule has 0 atom stereocenters. The Morgan fingerprint density at radius 2 is 1.67 bits per heavy atom. The number of hydrogen-bond donors (Lipinski definition) is 1. The molecule has 4 aromatic carbocycles. The number of nitrogens with zero attached hydrogens (tertiary/aromatic N) is 2. The molecule has 218 valence electrons. The van der Waals surface area contributed by atoms with Crippen LogP contribution in [0.15, 0.2) is 101 Å². The predicted molar refractivity (Wildman–Crippen MR) is 167 cm³/mol. The second kappa shape index (κ2) is 14.2. The summed E-state index contributed by atoms with van der Waals surface area (Å²) in [6.07, 6.45) is 2.43. The van der Waals surface area contributed by atoms with E-state index in [4.69, 9.17) is 25.8 Å². The lowest BCUT2D eigenvalue weighted by Gasteiger charge is -2.21. The number of nitrogens with one attached hydrogen (secondary N) is 1. The lowest BCUT2D eigenvalue weighted by molar-refractivity contribution is -0.119. The molecule has 0 radical (unpaired) electrons. The fraction of sp³-hybridized carbons (Fsp3) is 0.133. The highest BCUT2D eigenvalue weighted by atomic mass is 79.9. The molecule has 0 fully saturated rings. The van der Waals surface area contributed by atoms with Crippen molar-refractivity contribution < 1.29 is 27.4 Å². The van der Waals surface area contributed by atoms with Gasteiger partial charge in [-0.15, -0.1) is 0 Å². The van der Waals surface area contributed by atoms with E-state index >= 15 is 0 Å². The molecule has 0 aliphatic heterocycles. The minimum absolute atomic E-state index is 0.234. The smallest absolute Gasteiger partial charge is 0.260 e. The van der Waals surface area contributed by atoms with Gasteiger partial charge in [-0.05, 0) is 76.1 Å². The van der Waals surface area contributed by atoms with Gasteiger partial charge in [-0.2, -0.15) is 5.10 Å². The molecule has 42 heavy (non-hydrogen) atoms. The van der Waals surface area contributed by atoms with E-state index in [0.717, 1.165) is 16.1 Å². The maximum atomic E-state index is 12.6. The number of halogens is 2. The number of hydrazone groups is 1. The van der Waals surface area contributed by atoms with Crippen LogP contribution in [-0.4, -0.2) is 40.4 Å². The SMILES string of the molecule is COc1cc(/C=N\NC(=O)CN(c2ccc(Oc3ccccc3)cc2)S(C)(=O)=O)cc(Br)c1OCc1ccccc1Cl. The van der Waals surface area contributed by atoms with Gasteiger partial charge in [0.1, 0.15) is 24.7 Å². The number of rotatable bonds is 12. The summed E-state index contributed by atoms with van der Waals surface area (Å²) >= 11 is 9.71. The van der Waals surface area contributed by atoms with Crippen molar-refractivity contribution >= 4 is 55.4 Å². The van der Waals surface area contributed by atoms with Gasteiger partial charge in [0.15, 0.2) is 11.5 Å². The lowest BCUT2D eigenvalue weighted by atomic mass is 10.2. The fourth-order valence-corrected chi connectivity index (χ4v) is 5.39. The average Bonchev–Trinajstić information content (AvgIpc) is 2.96. The van der Waals surface area contributed by atoms with E-state index in [-0.39, 0.29) is 6.61 Å². The number of para-hydroxylation sites is 1. The van der Waals surface area contributed by atoms with E-state index in [9.17, 15) is 13.2 Å². The third kappa shape index (κ3) is 8.48. The van der Waals surface area contributed by atoms with Crippen LogP contribution in [0.3, 0.4) is 0 Å². The standard InChI is InChI=1S/C30H27BrClN3O6S/c1-39-28-17-21(16-26(31)30(28)40-20-22-8-6-7-11-27(22)32)18-33-34-29(36)19-35(42(2,37)38)23-12-14-25(15-13-23)41-24-9-4-3-5-10-24/h3-18H,19-20H2,1-2H3,(H,34,36)/b33-18-. The van der Waals surface area contributed by atoms with Crippen molar-refractivity contribution in [1.29, 1.82) is 0 Å².